The summed E-state index contributed by atoms with van der Waals surface area (Å²) in [6.45, 7) is 5.88. The van der Waals surface area contributed by atoms with Crippen LogP contribution in [0.3, 0.4) is 0 Å². The Balaban J connectivity index is 2.07. The Morgan fingerprint density at radius 1 is 1.26 bits per heavy atom. The standard InChI is InChI=1S/C24H25BrClN3O5/c1-5-14(3)23-28-19-8-7-16(25)11-17(19)24(31)29(23)27-12-15-9-18(26)22(20(10-15)33-6-2)34-13-21(30)32-4/h7-12,14H,5-6,13H2,1-4H3/t14-/m0/s1. The van der Waals surface area contributed by atoms with Gasteiger partial charge in [0.1, 0.15) is 5.82 Å². The van der Waals surface area contributed by atoms with E-state index in [1.165, 1.54) is 18.0 Å². The minimum absolute atomic E-state index is 0.00886. The fourth-order valence-electron chi connectivity index (χ4n) is 3.16. The average molecular weight is 551 g/mol. The van der Waals surface area contributed by atoms with Crippen LogP contribution in [0.1, 0.15) is 44.5 Å². The van der Waals surface area contributed by atoms with E-state index in [2.05, 4.69) is 25.8 Å². The van der Waals surface area contributed by atoms with E-state index in [4.69, 9.17) is 26.1 Å². The van der Waals surface area contributed by atoms with E-state index in [1.54, 1.807) is 18.2 Å². The van der Waals surface area contributed by atoms with Gasteiger partial charge in [0.05, 0.1) is 35.9 Å². The van der Waals surface area contributed by atoms with Crippen LogP contribution >= 0.6 is 27.5 Å². The fraction of sp³-hybridized carbons (Fsp3) is 0.333. The van der Waals surface area contributed by atoms with Gasteiger partial charge in [-0.2, -0.15) is 9.78 Å². The summed E-state index contributed by atoms with van der Waals surface area (Å²) in [6, 6.07) is 8.67. The van der Waals surface area contributed by atoms with Gasteiger partial charge in [-0.15, -0.1) is 0 Å². The number of rotatable bonds is 9. The van der Waals surface area contributed by atoms with Gasteiger partial charge >= 0.3 is 5.97 Å². The fourth-order valence-corrected chi connectivity index (χ4v) is 3.79. The molecule has 0 unspecified atom stereocenters. The van der Waals surface area contributed by atoms with Crippen LogP contribution in [0.5, 0.6) is 11.5 Å². The molecule has 0 saturated carbocycles. The Hall–Kier alpha value is -2.91. The van der Waals surface area contributed by atoms with E-state index < -0.39 is 5.97 Å². The Morgan fingerprint density at radius 3 is 2.71 bits per heavy atom. The molecule has 34 heavy (non-hydrogen) atoms. The predicted molar refractivity (Wildman–Crippen MR) is 136 cm³/mol. The van der Waals surface area contributed by atoms with Gasteiger partial charge in [0.25, 0.3) is 5.56 Å². The molecule has 0 radical (unpaired) electrons. The van der Waals surface area contributed by atoms with Crippen LogP contribution in [0, 0.1) is 0 Å². The molecule has 10 heteroatoms. The Labute approximate surface area is 210 Å². The molecule has 0 N–H and O–H groups in total. The zero-order valence-corrected chi connectivity index (χ0v) is 21.6. The number of ether oxygens (including phenoxy) is 3. The molecule has 3 rings (SSSR count). The zero-order chi connectivity index (χ0) is 24.8. The van der Waals surface area contributed by atoms with Crippen molar-refractivity contribution in [2.45, 2.75) is 33.1 Å². The summed E-state index contributed by atoms with van der Waals surface area (Å²) in [5, 5.41) is 5.14. The normalized spacial score (nSPS) is 12.2. The van der Waals surface area contributed by atoms with Crippen molar-refractivity contribution in [2.75, 3.05) is 20.3 Å². The van der Waals surface area contributed by atoms with Crippen LogP contribution in [0.4, 0.5) is 0 Å². The topological polar surface area (TPSA) is 92.0 Å². The molecular weight excluding hydrogens is 526 g/mol. The smallest absolute Gasteiger partial charge is 0.343 e. The van der Waals surface area contributed by atoms with E-state index in [-0.39, 0.29) is 28.9 Å². The first-order chi connectivity index (χ1) is 16.3. The lowest BCUT2D eigenvalue weighted by molar-refractivity contribution is -0.142. The first-order valence-corrected chi connectivity index (χ1v) is 11.9. The number of aromatic nitrogens is 2. The molecule has 0 fully saturated rings. The van der Waals surface area contributed by atoms with Gasteiger partial charge in [-0.05, 0) is 49.2 Å². The monoisotopic (exact) mass is 549 g/mol. The lowest BCUT2D eigenvalue weighted by Gasteiger charge is -2.15. The molecule has 0 amide bonds. The maximum absolute atomic E-state index is 13.3. The van der Waals surface area contributed by atoms with Gasteiger partial charge in [-0.1, -0.05) is 41.4 Å². The number of hydrogen-bond acceptors (Lipinski definition) is 7. The minimum Gasteiger partial charge on any atom is -0.490 e. The molecule has 3 aromatic rings. The summed E-state index contributed by atoms with van der Waals surface area (Å²) in [5.74, 6) is 0.593. The van der Waals surface area contributed by atoms with Crippen molar-refractivity contribution in [1.82, 2.24) is 9.66 Å². The number of halogens is 2. The zero-order valence-electron chi connectivity index (χ0n) is 19.3. The largest absolute Gasteiger partial charge is 0.490 e. The summed E-state index contributed by atoms with van der Waals surface area (Å²) in [6.07, 6.45) is 2.30. The van der Waals surface area contributed by atoms with Gasteiger partial charge in [0, 0.05) is 10.4 Å². The number of methoxy groups -OCH3 is 1. The number of fused-ring (bicyclic) bond motifs is 1. The number of benzene rings is 2. The molecule has 1 aromatic heterocycles. The molecule has 0 bridgehead atoms. The van der Waals surface area contributed by atoms with Gasteiger partial charge in [0.2, 0.25) is 0 Å². The Morgan fingerprint density at radius 2 is 2.03 bits per heavy atom. The van der Waals surface area contributed by atoms with Crippen molar-refractivity contribution in [3.8, 4) is 11.5 Å². The van der Waals surface area contributed by atoms with Gasteiger partial charge in [0.15, 0.2) is 18.1 Å². The Bertz CT molecular complexity index is 1290. The van der Waals surface area contributed by atoms with E-state index in [0.29, 0.717) is 34.6 Å². The van der Waals surface area contributed by atoms with Crippen molar-refractivity contribution < 1.29 is 19.0 Å². The average Bonchev–Trinajstić information content (AvgIpc) is 2.82. The highest BCUT2D eigenvalue weighted by Gasteiger charge is 2.17. The van der Waals surface area contributed by atoms with E-state index in [0.717, 1.165) is 10.9 Å². The molecule has 0 aliphatic rings. The van der Waals surface area contributed by atoms with Crippen LogP contribution in [0.25, 0.3) is 10.9 Å². The molecule has 8 nitrogen and oxygen atoms in total. The minimum atomic E-state index is -0.545. The highest BCUT2D eigenvalue weighted by Crippen LogP contribution is 2.36. The van der Waals surface area contributed by atoms with E-state index in [1.807, 2.05) is 32.9 Å². The second-order valence-corrected chi connectivity index (χ2v) is 8.75. The summed E-state index contributed by atoms with van der Waals surface area (Å²) in [5.41, 5.74) is 0.922. The summed E-state index contributed by atoms with van der Waals surface area (Å²) in [4.78, 5) is 29.4. The highest BCUT2D eigenvalue weighted by molar-refractivity contribution is 9.10. The molecular formula is C24H25BrClN3O5. The van der Waals surface area contributed by atoms with E-state index >= 15 is 0 Å². The van der Waals surface area contributed by atoms with Crippen LogP contribution in [0.15, 0.2) is 44.7 Å². The third kappa shape index (κ3) is 5.77. The molecule has 2 aromatic carbocycles. The summed E-state index contributed by atoms with van der Waals surface area (Å²) >= 11 is 9.81. The molecule has 0 saturated heterocycles. The van der Waals surface area contributed by atoms with Crippen LogP contribution in [0.2, 0.25) is 5.02 Å². The van der Waals surface area contributed by atoms with Crippen LogP contribution < -0.4 is 15.0 Å². The third-order valence-corrected chi connectivity index (χ3v) is 5.88. The second-order valence-electron chi connectivity index (χ2n) is 7.43. The lowest BCUT2D eigenvalue weighted by Crippen LogP contribution is -2.23. The number of hydrogen-bond donors (Lipinski definition) is 0. The van der Waals surface area contributed by atoms with Crippen LogP contribution in [-0.4, -0.2) is 42.2 Å². The predicted octanol–water partition coefficient (Wildman–Crippen LogP) is 5.16. The van der Waals surface area contributed by atoms with Crippen LogP contribution in [-0.2, 0) is 9.53 Å². The quantitative estimate of drug-likeness (QED) is 0.270. The maximum atomic E-state index is 13.3. The van der Waals surface area contributed by atoms with Gasteiger partial charge in [-0.25, -0.2) is 9.78 Å². The molecule has 0 aliphatic carbocycles. The van der Waals surface area contributed by atoms with Crippen molar-refractivity contribution in [1.29, 1.82) is 0 Å². The van der Waals surface area contributed by atoms with Gasteiger partial charge in [-0.3, -0.25) is 4.79 Å². The number of esters is 1. The van der Waals surface area contributed by atoms with Gasteiger partial charge < -0.3 is 14.2 Å². The second kappa shape index (κ2) is 11.5. The van der Waals surface area contributed by atoms with Crippen molar-refractivity contribution in [3.63, 3.8) is 0 Å². The number of carbonyl (C=O) groups excluding carboxylic acids is 1. The van der Waals surface area contributed by atoms with Crippen molar-refractivity contribution in [2.24, 2.45) is 5.10 Å². The summed E-state index contributed by atoms with van der Waals surface area (Å²) < 4.78 is 17.8. The van der Waals surface area contributed by atoms with E-state index in [9.17, 15) is 9.59 Å². The molecule has 0 spiro atoms. The number of nitrogens with zero attached hydrogens (tertiary/aromatic N) is 3. The first-order valence-electron chi connectivity index (χ1n) is 10.7. The number of carbonyl (C=O) groups is 1. The maximum Gasteiger partial charge on any atom is 0.343 e. The molecule has 1 atom stereocenters. The molecule has 180 valence electrons. The lowest BCUT2D eigenvalue weighted by atomic mass is 10.1. The molecule has 1 heterocycles. The van der Waals surface area contributed by atoms with Crippen molar-refractivity contribution in [3.05, 3.63) is 61.6 Å². The first kappa shape index (κ1) is 25.7. The summed E-state index contributed by atoms with van der Waals surface area (Å²) in [7, 11) is 1.27. The third-order valence-electron chi connectivity index (χ3n) is 5.10. The highest BCUT2D eigenvalue weighted by atomic mass is 79.9. The Kier molecular flexibility index (Phi) is 8.68. The molecule has 0 aliphatic heterocycles. The SMILES string of the molecule is CCOc1cc(C=Nn2c([C@@H](C)CC)nc3ccc(Br)cc3c2=O)cc(Cl)c1OCC(=O)OC. The van der Waals surface area contributed by atoms with Crippen molar-refractivity contribution >= 4 is 50.6 Å².